The van der Waals surface area contributed by atoms with Crippen LogP contribution in [0.15, 0.2) is 24.3 Å². The molecule has 1 fully saturated rings. The highest BCUT2D eigenvalue weighted by Crippen LogP contribution is 2.26. The Morgan fingerprint density at radius 1 is 1.22 bits per heavy atom. The molecule has 1 aromatic carbocycles. The fourth-order valence-electron chi connectivity index (χ4n) is 2.50. The van der Waals surface area contributed by atoms with Gasteiger partial charge < -0.3 is 10.6 Å². The smallest absolute Gasteiger partial charge is 0.238 e. The predicted octanol–water partition coefficient (Wildman–Crippen LogP) is 2.35. The van der Waals surface area contributed by atoms with E-state index < -0.39 is 0 Å². The lowest BCUT2D eigenvalue weighted by Gasteiger charge is -2.18. The zero-order valence-electron chi connectivity index (χ0n) is 14.3. The fourth-order valence-corrected chi connectivity index (χ4v) is 2.50. The SMILES string of the molecule is CC[C@@H](C)c1ccccc1NC(=O)CN(C)CC(=O)NC1CC1. The molecule has 2 N–H and O–H groups in total. The number of amides is 2. The summed E-state index contributed by atoms with van der Waals surface area (Å²) in [6, 6.07) is 8.25. The largest absolute Gasteiger partial charge is 0.352 e. The monoisotopic (exact) mass is 317 g/mol. The lowest BCUT2D eigenvalue weighted by Crippen LogP contribution is -2.39. The number of nitrogens with zero attached hydrogens (tertiary/aromatic N) is 1. The molecule has 5 heteroatoms. The number of benzene rings is 1. The molecular formula is C18H27N3O2. The zero-order valence-corrected chi connectivity index (χ0v) is 14.3. The van der Waals surface area contributed by atoms with Crippen LogP contribution in [0.4, 0.5) is 5.69 Å². The maximum Gasteiger partial charge on any atom is 0.238 e. The van der Waals surface area contributed by atoms with E-state index in [1.807, 2.05) is 18.2 Å². The van der Waals surface area contributed by atoms with Gasteiger partial charge in [0.25, 0.3) is 0 Å². The molecule has 1 atom stereocenters. The van der Waals surface area contributed by atoms with Crippen molar-refractivity contribution in [2.24, 2.45) is 0 Å². The molecule has 1 aliphatic carbocycles. The normalized spacial score (nSPS) is 15.3. The minimum Gasteiger partial charge on any atom is -0.352 e. The van der Waals surface area contributed by atoms with Crippen molar-refractivity contribution in [3.63, 3.8) is 0 Å². The molecule has 0 unspecified atom stereocenters. The van der Waals surface area contributed by atoms with Crippen molar-refractivity contribution in [2.75, 3.05) is 25.5 Å². The molecule has 126 valence electrons. The predicted molar refractivity (Wildman–Crippen MR) is 92.4 cm³/mol. The van der Waals surface area contributed by atoms with Gasteiger partial charge in [0.05, 0.1) is 13.1 Å². The highest BCUT2D eigenvalue weighted by molar-refractivity contribution is 5.93. The van der Waals surface area contributed by atoms with Gasteiger partial charge in [-0.3, -0.25) is 14.5 Å². The number of para-hydroxylation sites is 1. The Morgan fingerprint density at radius 2 is 1.87 bits per heavy atom. The Balaban J connectivity index is 1.85. The van der Waals surface area contributed by atoms with Crippen LogP contribution in [-0.2, 0) is 9.59 Å². The van der Waals surface area contributed by atoms with Gasteiger partial charge in [0, 0.05) is 11.7 Å². The summed E-state index contributed by atoms with van der Waals surface area (Å²) in [5.74, 6) is 0.291. The van der Waals surface area contributed by atoms with Crippen LogP contribution in [-0.4, -0.2) is 42.9 Å². The molecular weight excluding hydrogens is 290 g/mol. The number of hydrogen-bond acceptors (Lipinski definition) is 3. The third-order valence-corrected chi connectivity index (χ3v) is 4.15. The van der Waals surface area contributed by atoms with Gasteiger partial charge in [0.2, 0.25) is 11.8 Å². The second-order valence-corrected chi connectivity index (χ2v) is 6.46. The van der Waals surface area contributed by atoms with Crippen LogP contribution >= 0.6 is 0 Å². The highest BCUT2D eigenvalue weighted by atomic mass is 16.2. The third kappa shape index (κ3) is 5.67. The van der Waals surface area contributed by atoms with Crippen molar-refractivity contribution >= 4 is 17.5 Å². The number of rotatable bonds is 8. The number of carbonyl (C=O) groups is 2. The Labute approximate surface area is 138 Å². The molecule has 1 aliphatic rings. The first-order valence-corrected chi connectivity index (χ1v) is 8.36. The lowest BCUT2D eigenvalue weighted by atomic mass is 9.97. The van der Waals surface area contributed by atoms with Gasteiger partial charge in [-0.2, -0.15) is 0 Å². The minimum absolute atomic E-state index is 0.0113. The molecule has 2 amide bonds. The standard InChI is InChI=1S/C18H27N3O2/c1-4-13(2)15-7-5-6-8-16(15)20-18(23)12-21(3)11-17(22)19-14-9-10-14/h5-8,13-14H,4,9-12H2,1-3H3,(H,19,22)(H,20,23)/t13-/m1/s1. The van der Waals surface area contributed by atoms with Crippen molar-refractivity contribution in [3.8, 4) is 0 Å². The highest BCUT2D eigenvalue weighted by Gasteiger charge is 2.23. The van der Waals surface area contributed by atoms with Crippen LogP contribution in [0.25, 0.3) is 0 Å². The first kappa shape index (κ1) is 17.5. The van der Waals surface area contributed by atoms with E-state index in [9.17, 15) is 9.59 Å². The zero-order chi connectivity index (χ0) is 16.8. The summed E-state index contributed by atoms with van der Waals surface area (Å²) in [6.07, 6.45) is 3.17. The van der Waals surface area contributed by atoms with Crippen LogP contribution in [0.1, 0.15) is 44.6 Å². The summed E-state index contributed by atoms with van der Waals surface area (Å²) >= 11 is 0. The first-order chi connectivity index (χ1) is 11.0. The Kier molecular flexibility index (Phi) is 6.16. The van der Waals surface area contributed by atoms with Gasteiger partial charge in [-0.15, -0.1) is 0 Å². The number of carbonyl (C=O) groups excluding carboxylic acids is 2. The van der Waals surface area contributed by atoms with Crippen molar-refractivity contribution in [2.45, 2.75) is 45.1 Å². The number of nitrogens with one attached hydrogen (secondary N) is 2. The van der Waals surface area contributed by atoms with Gasteiger partial charge >= 0.3 is 0 Å². The van der Waals surface area contributed by atoms with Gasteiger partial charge in [-0.05, 0) is 43.9 Å². The summed E-state index contributed by atoms with van der Waals surface area (Å²) in [7, 11) is 1.78. The molecule has 0 spiro atoms. The van der Waals surface area contributed by atoms with E-state index in [4.69, 9.17) is 0 Å². The van der Waals surface area contributed by atoms with Crippen molar-refractivity contribution < 1.29 is 9.59 Å². The Hall–Kier alpha value is -1.88. The van der Waals surface area contributed by atoms with Crippen LogP contribution in [0, 0.1) is 0 Å². The molecule has 5 nitrogen and oxygen atoms in total. The van der Waals surface area contributed by atoms with Crippen LogP contribution in [0.2, 0.25) is 0 Å². The molecule has 0 radical (unpaired) electrons. The average molecular weight is 317 g/mol. The minimum atomic E-state index is -0.0949. The lowest BCUT2D eigenvalue weighted by molar-refractivity contribution is -0.123. The molecule has 2 rings (SSSR count). The molecule has 0 saturated heterocycles. The number of anilines is 1. The van der Waals surface area contributed by atoms with Crippen LogP contribution in [0.3, 0.4) is 0 Å². The van der Waals surface area contributed by atoms with Gasteiger partial charge in [0.15, 0.2) is 0 Å². The average Bonchev–Trinajstić information content (AvgIpc) is 3.30. The summed E-state index contributed by atoms with van der Waals surface area (Å²) in [6.45, 7) is 4.73. The van der Waals surface area contributed by atoms with E-state index in [1.165, 1.54) is 0 Å². The maximum atomic E-state index is 12.2. The fraction of sp³-hybridized carbons (Fsp3) is 0.556. The number of likely N-dealkylation sites (N-methyl/N-ethyl adjacent to an activating group) is 1. The summed E-state index contributed by atoms with van der Waals surface area (Å²) in [5.41, 5.74) is 2.01. The topological polar surface area (TPSA) is 61.4 Å². The molecule has 0 bridgehead atoms. The molecule has 0 heterocycles. The second kappa shape index (κ2) is 8.11. The Morgan fingerprint density at radius 3 is 2.52 bits per heavy atom. The molecule has 0 aromatic heterocycles. The van der Waals surface area contributed by atoms with Gasteiger partial charge in [0.1, 0.15) is 0 Å². The second-order valence-electron chi connectivity index (χ2n) is 6.46. The van der Waals surface area contributed by atoms with E-state index in [0.29, 0.717) is 12.0 Å². The summed E-state index contributed by atoms with van der Waals surface area (Å²) in [4.78, 5) is 25.7. The maximum absolute atomic E-state index is 12.2. The van der Waals surface area contributed by atoms with E-state index in [0.717, 1.165) is 30.5 Å². The van der Waals surface area contributed by atoms with Crippen molar-refractivity contribution in [1.82, 2.24) is 10.2 Å². The van der Waals surface area contributed by atoms with E-state index in [-0.39, 0.29) is 24.9 Å². The van der Waals surface area contributed by atoms with Crippen molar-refractivity contribution in [3.05, 3.63) is 29.8 Å². The molecule has 1 saturated carbocycles. The van der Waals surface area contributed by atoms with E-state index in [2.05, 4.69) is 30.5 Å². The first-order valence-electron chi connectivity index (χ1n) is 8.36. The van der Waals surface area contributed by atoms with Crippen LogP contribution < -0.4 is 10.6 Å². The van der Waals surface area contributed by atoms with Crippen molar-refractivity contribution in [1.29, 1.82) is 0 Å². The molecule has 23 heavy (non-hydrogen) atoms. The molecule has 1 aromatic rings. The Bertz CT molecular complexity index is 555. The van der Waals surface area contributed by atoms with E-state index >= 15 is 0 Å². The van der Waals surface area contributed by atoms with Gasteiger partial charge in [-0.25, -0.2) is 0 Å². The summed E-state index contributed by atoms with van der Waals surface area (Å²) < 4.78 is 0. The van der Waals surface area contributed by atoms with E-state index in [1.54, 1.807) is 11.9 Å². The van der Waals surface area contributed by atoms with Gasteiger partial charge in [-0.1, -0.05) is 32.0 Å². The quantitative estimate of drug-likeness (QED) is 0.774. The third-order valence-electron chi connectivity index (χ3n) is 4.15. The number of hydrogen-bond donors (Lipinski definition) is 2. The molecule has 0 aliphatic heterocycles. The summed E-state index contributed by atoms with van der Waals surface area (Å²) in [5, 5.41) is 5.90. The van der Waals surface area contributed by atoms with Crippen LogP contribution in [0.5, 0.6) is 0 Å².